The molecule has 5 heteroatoms. The number of carbonyl (C=O) groups is 3. The summed E-state index contributed by atoms with van der Waals surface area (Å²) in [5.41, 5.74) is 3.55. The van der Waals surface area contributed by atoms with E-state index in [0.717, 1.165) is 24.1 Å². The van der Waals surface area contributed by atoms with Gasteiger partial charge in [0, 0.05) is 37.1 Å². The first-order chi connectivity index (χ1) is 14.4. The lowest BCUT2D eigenvalue weighted by molar-refractivity contribution is -0.121. The Kier molecular flexibility index (Phi) is 9.26. The molecule has 2 aromatic rings. The molecule has 0 aliphatic heterocycles. The lowest BCUT2D eigenvalue weighted by Crippen LogP contribution is -2.23. The Hall–Kier alpha value is -2.95. The van der Waals surface area contributed by atoms with Crippen molar-refractivity contribution >= 4 is 23.3 Å². The molecule has 0 aromatic heterocycles. The number of amides is 2. The van der Waals surface area contributed by atoms with Gasteiger partial charge in [0.25, 0.3) is 0 Å². The minimum Gasteiger partial charge on any atom is -0.352 e. The van der Waals surface area contributed by atoms with Gasteiger partial charge in [-0.2, -0.15) is 0 Å². The highest BCUT2D eigenvalue weighted by Crippen LogP contribution is 2.13. The number of hydrogen-bond donors (Lipinski definition) is 2. The second kappa shape index (κ2) is 11.9. The number of rotatable bonds is 11. The minimum absolute atomic E-state index is 0.00205. The predicted octanol–water partition coefficient (Wildman–Crippen LogP) is 4.90. The summed E-state index contributed by atoms with van der Waals surface area (Å²) in [4.78, 5) is 36.0. The normalized spacial score (nSPS) is 10.7. The molecule has 0 heterocycles. The van der Waals surface area contributed by atoms with Crippen LogP contribution in [-0.2, 0) is 22.6 Å². The van der Waals surface area contributed by atoms with Gasteiger partial charge in [0.05, 0.1) is 0 Å². The van der Waals surface area contributed by atoms with Crippen molar-refractivity contribution in [3.63, 3.8) is 0 Å². The van der Waals surface area contributed by atoms with Gasteiger partial charge in [-0.15, -0.1) is 0 Å². The smallest absolute Gasteiger partial charge is 0.224 e. The van der Waals surface area contributed by atoms with Gasteiger partial charge >= 0.3 is 0 Å². The Morgan fingerprint density at radius 2 is 1.43 bits per heavy atom. The summed E-state index contributed by atoms with van der Waals surface area (Å²) in [6.45, 7) is 6.68. The molecule has 160 valence electrons. The average molecular weight is 409 g/mol. The first kappa shape index (κ1) is 23.3. The molecule has 5 nitrogen and oxygen atoms in total. The van der Waals surface area contributed by atoms with Gasteiger partial charge in [0.15, 0.2) is 5.78 Å². The number of Topliss-reactive ketones (excluding diaryl/α,β-unsaturated/α-hetero) is 1. The molecule has 0 atom stereocenters. The largest absolute Gasteiger partial charge is 0.352 e. The van der Waals surface area contributed by atoms with Crippen LogP contribution in [0.3, 0.4) is 0 Å². The zero-order valence-electron chi connectivity index (χ0n) is 18.2. The number of ketones is 1. The van der Waals surface area contributed by atoms with Gasteiger partial charge in [0.1, 0.15) is 0 Å². The van der Waals surface area contributed by atoms with Crippen LogP contribution in [0.1, 0.15) is 67.9 Å². The molecule has 0 aliphatic carbocycles. The molecule has 2 aromatic carbocycles. The molecule has 0 fully saturated rings. The highest BCUT2D eigenvalue weighted by atomic mass is 16.2. The van der Waals surface area contributed by atoms with E-state index in [1.165, 1.54) is 5.56 Å². The molecule has 0 saturated heterocycles. The maximum atomic E-state index is 12.3. The zero-order valence-corrected chi connectivity index (χ0v) is 18.2. The molecule has 0 aliphatic rings. The van der Waals surface area contributed by atoms with Gasteiger partial charge in [-0.3, -0.25) is 14.4 Å². The fraction of sp³-hybridized carbons (Fsp3) is 0.400. The molecular formula is C25H32N2O3. The number of carbonyl (C=O) groups excluding carboxylic acids is 3. The van der Waals surface area contributed by atoms with E-state index in [9.17, 15) is 14.4 Å². The number of nitrogens with one attached hydrogen (secondary N) is 2. The van der Waals surface area contributed by atoms with Crippen LogP contribution in [-0.4, -0.2) is 17.6 Å². The van der Waals surface area contributed by atoms with E-state index in [4.69, 9.17) is 0 Å². The molecule has 0 saturated carbocycles. The molecular weight excluding hydrogens is 376 g/mol. The standard InChI is InChI=1S/C25H32N2O3/c1-4-5-25(30)27-22-12-8-20(9-13-22)17-26-24(29)15-14-23(28)21-10-6-19(7-11-21)16-18(2)3/h6-13,18H,4-5,14-17H2,1-3H3,(H,26,29)(H,27,30). The summed E-state index contributed by atoms with van der Waals surface area (Å²) >= 11 is 0. The molecule has 0 bridgehead atoms. The van der Waals surface area contributed by atoms with Crippen LogP contribution >= 0.6 is 0 Å². The van der Waals surface area contributed by atoms with Crippen LogP contribution in [0.25, 0.3) is 0 Å². The fourth-order valence-corrected chi connectivity index (χ4v) is 3.12. The monoisotopic (exact) mass is 408 g/mol. The fourth-order valence-electron chi connectivity index (χ4n) is 3.12. The van der Waals surface area contributed by atoms with E-state index in [1.807, 2.05) is 55.5 Å². The predicted molar refractivity (Wildman–Crippen MR) is 120 cm³/mol. The molecule has 2 amide bonds. The molecule has 0 spiro atoms. The van der Waals surface area contributed by atoms with Crippen molar-refractivity contribution in [2.45, 2.75) is 59.4 Å². The van der Waals surface area contributed by atoms with Crippen molar-refractivity contribution in [1.29, 1.82) is 0 Å². The van der Waals surface area contributed by atoms with E-state index >= 15 is 0 Å². The molecule has 2 rings (SSSR count). The van der Waals surface area contributed by atoms with Crippen molar-refractivity contribution in [2.24, 2.45) is 5.92 Å². The number of benzene rings is 2. The zero-order chi connectivity index (χ0) is 21.9. The van der Waals surface area contributed by atoms with E-state index in [0.29, 0.717) is 24.4 Å². The Bertz CT molecular complexity index is 840. The Labute approximate surface area is 179 Å². The van der Waals surface area contributed by atoms with Crippen molar-refractivity contribution in [1.82, 2.24) is 5.32 Å². The molecule has 0 unspecified atom stereocenters. The number of anilines is 1. The van der Waals surface area contributed by atoms with Gasteiger partial charge < -0.3 is 10.6 Å². The SMILES string of the molecule is CCCC(=O)Nc1ccc(CNC(=O)CCC(=O)c2ccc(CC(C)C)cc2)cc1. The third-order valence-electron chi connectivity index (χ3n) is 4.70. The minimum atomic E-state index is -0.153. The lowest BCUT2D eigenvalue weighted by Gasteiger charge is -2.08. The Morgan fingerprint density at radius 1 is 0.800 bits per heavy atom. The van der Waals surface area contributed by atoms with Crippen LogP contribution < -0.4 is 10.6 Å². The quantitative estimate of drug-likeness (QED) is 0.519. The van der Waals surface area contributed by atoms with Gasteiger partial charge in [-0.25, -0.2) is 0 Å². The van der Waals surface area contributed by atoms with Crippen LogP contribution in [0.15, 0.2) is 48.5 Å². The molecule has 0 radical (unpaired) electrons. The van der Waals surface area contributed by atoms with Crippen molar-refractivity contribution < 1.29 is 14.4 Å². The second-order valence-corrected chi connectivity index (χ2v) is 7.99. The highest BCUT2D eigenvalue weighted by Gasteiger charge is 2.10. The molecule has 2 N–H and O–H groups in total. The van der Waals surface area contributed by atoms with E-state index in [-0.39, 0.29) is 30.4 Å². The first-order valence-electron chi connectivity index (χ1n) is 10.6. The highest BCUT2D eigenvalue weighted by molar-refractivity contribution is 5.98. The van der Waals surface area contributed by atoms with Gasteiger partial charge in [-0.1, -0.05) is 57.2 Å². The summed E-state index contributed by atoms with van der Waals surface area (Å²) in [6.07, 6.45) is 2.65. The van der Waals surface area contributed by atoms with E-state index in [1.54, 1.807) is 0 Å². The van der Waals surface area contributed by atoms with Crippen LogP contribution in [0.4, 0.5) is 5.69 Å². The summed E-state index contributed by atoms with van der Waals surface area (Å²) in [7, 11) is 0. The average Bonchev–Trinajstić information content (AvgIpc) is 2.71. The maximum Gasteiger partial charge on any atom is 0.224 e. The van der Waals surface area contributed by atoms with Crippen LogP contribution in [0, 0.1) is 5.92 Å². The van der Waals surface area contributed by atoms with Crippen molar-refractivity contribution in [3.05, 3.63) is 65.2 Å². The summed E-state index contributed by atoms with van der Waals surface area (Å²) < 4.78 is 0. The summed E-state index contributed by atoms with van der Waals surface area (Å²) in [5.74, 6) is 0.401. The van der Waals surface area contributed by atoms with Gasteiger partial charge in [-0.05, 0) is 42.0 Å². The van der Waals surface area contributed by atoms with E-state index < -0.39 is 0 Å². The third-order valence-corrected chi connectivity index (χ3v) is 4.70. The first-order valence-corrected chi connectivity index (χ1v) is 10.6. The molecule has 30 heavy (non-hydrogen) atoms. The summed E-state index contributed by atoms with van der Waals surface area (Å²) in [5, 5.41) is 5.67. The van der Waals surface area contributed by atoms with Crippen molar-refractivity contribution in [3.8, 4) is 0 Å². The van der Waals surface area contributed by atoms with E-state index in [2.05, 4.69) is 24.5 Å². The van der Waals surface area contributed by atoms with Crippen LogP contribution in [0.2, 0.25) is 0 Å². The summed E-state index contributed by atoms with van der Waals surface area (Å²) in [6, 6.07) is 15.0. The van der Waals surface area contributed by atoms with Crippen molar-refractivity contribution in [2.75, 3.05) is 5.32 Å². The van der Waals surface area contributed by atoms with Crippen LogP contribution in [0.5, 0.6) is 0 Å². The topological polar surface area (TPSA) is 75.3 Å². The van der Waals surface area contributed by atoms with Gasteiger partial charge in [0.2, 0.25) is 11.8 Å². The number of hydrogen-bond acceptors (Lipinski definition) is 3. The maximum absolute atomic E-state index is 12.3. The second-order valence-electron chi connectivity index (χ2n) is 7.99. The Balaban J connectivity index is 1.74. The lowest BCUT2D eigenvalue weighted by atomic mass is 9.99. The Morgan fingerprint density at radius 3 is 2.03 bits per heavy atom. The third kappa shape index (κ3) is 8.19.